The van der Waals surface area contributed by atoms with Gasteiger partial charge < -0.3 is 10.2 Å². The number of para-hydroxylation sites is 1. The highest BCUT2D eigenvalue weighted by Gasteiger charge is 2.25. The molecule has 1 fully saturated rings. The minimum Gasteiger partial charge on any atom is -0.383 e. The molecular weight excluding hydrogens is 454 g/mol. The smallest absolute Gasteiger partial charge is 0.243 e. The Morgan fingerprint density at radius 1 is 0.914 bits per heavy atom. The van der Waals surface area contributed by atoms with Gasteiger partial charge in [0.25, 0.3) is 0 Å². The average Bonchev–Trinajstić information content (AvgIpc) is 3.28. The van der Waals surface area contributed by atoms with Crippen molar-refractivity contribution < 1.29 is 8.42 Å². The summed E-state index contributed by atoms with van der Waals surface area (Å²) in [5.41, 5.74) is 4.44. The van der Waals surface area contributed by atoms with Gasteiger partial charge in [-0.25, -0.2) is 8.42 Å². The fourth-order valence-electron chi connectivity index (χ4n) is 4.73. The molecule has 186 valence electrons. The molecule has 0 amide bonds. The first kappa shape index (κ1) is 25.4. The molecular formula is C29H37N3O2S. The van der Waals surface area contributed by atoms with Gasteiger partial charge in [-0.3, -0.25) is 0 Å². The van der Waals surface area contributed by atoms with Crippen LogP contribution in [-0.2, 0) is 22.9 Å². The molecule has 0 saturated carbocycles. The molecule has 0 radical (unpaired) electrons. The fraction of sp³-hybridized carbons (Fsp3) is 0.379. The Labute approximate surface area is 210 Å². The Kier molecular flexibility index (Phi) is 8.60. The van der Waals surface area contributed by atoms with E-state index in [1.807, 2.05) is 49.4 Å². The molecule has 35 heavy (non-hydrogen) atoms. The van der Waals surface area contributed by atoms with Crippen LogP contribution in [0.5, 0.6) is 0 Å². The maximum Gasteiger partial charge on any atom is 0.243 e. The summed E-state index contributed by atoms with van der Waals surface area (Å²) in [6.07, 6.45) is 3.80. The van der Waals surface area contributed by atoms with Crippen molar-refractivity contribution in [2.75, 3.05) is 38.5 Å². The number of aryl methyl sites for hydroxylation is 1. The number of anilines is 1. The summed E-state index contributed by atoms with van der Waals surface area (Å²) >= 11 is 0. The molecule has 1 aliphatic rings. The van der Waals surface area contributed by atoms with Gasteiger partial charge in [0.15, 0.2) is 0 Å². The van der Waals surface area contributed by atoms with Gasteiger partial charge in [-0.2, -0.15) is 4.31 Å². The molecule has 1 saturated heterocycles. The van der Waals surface area contributed by atoms with Crippen LogP contribution in [0.2, 0.25) is 0 Å². The summed E-state index contributed by atoms with van der Waals surface area (Å²) in [5, 5.41) is 3.63. The summed E-state index contributed by atoms with van der Waals surface area (Å²) in [6, 6.07) is 26.1. The average molecular weight is 492 g/mol. The zero-order chi connectivity index (χ0) is 24.7. The van der Waals surface area contributed by atoms with Crippen LogP contribution in [0.1, 0.15) is 29.5 Å². The number of sulfonamides is 1. The van der Waals surface area contributed by atoms with Crippen LogP contribution >= 0.6 is 0 Å². The molecule has 6 heteroatoms. The Bertz CT molecular complexity index is 1180. The van der Waals surface area contributed by atoms with E-state index < -0.39 is 10.0 Å². The number of likely N-dealkylation sites (N-methyl/N-ethyl adjacent to an activating group) is 1. The third kappa shape index (κ3) is 6.72. The van der Waals surface area contributed by atoms with E-state index in [1.54, 1.807) is 16.4 Å². The minimum atomic E-state index is -3.60. The zero-order valence-electron chi connectivity index (χ0n) is 20.9. The van der Waals surface area contributed by atoms with Gasteiger partial charge >= 0.3 is 0 Å². The molecule has 4 rings (SSSR count). The number of nitrogens with one attached hydrogen (secondary N) is 1. The van der Waals surface area contributed by atoms with Crippen molar-refractivity contribution in [3.8, 4) is 0 Å². The number of hydrogen-bond donors (Lipinski definition) is 1. The second kappa shape index (κ2) is 11.8. The molecule has 3 aromatic rings. The molecule has 3 aromatic carbocycles. The topological polar surface area (TPSA) is 52.7 Å². The first-order valence-corrected chi connectivity index (χ1v) is 14.0. The molecule has 0 aliphatic carbocycles. The van der Waals surface area contributed by atoms with Gasteiger partial charge in [0, 0.05) is 31.4 Å². The van der Waals surface area contributed by atoms with Crippen molar-refractivity contribution in [2.24, 2.45) is 0 Å². The van der Waals surface area contributed by atoms with E-state index in [0.29, 0.717) is 36.9 Å². The van der Waals surface area contributed by atoms with E-state index in [2.05, 4.69) is 41.5 Å². The SMILES string of the molecule is Cc1ccc(S(=O)(=O)N(CCc2ccccc2)CCc2ccccc2NC[C@@H]2CCCN2C)cc1. The Morgan fingerprint density at radius 2 is 1.60 bits per heavy atom. The van der Waals surface area contributed by atoms with E-state index in [9.17, 15) is 8.42 Å². The predicted molar refractivity (Wildman–Crippen MR) is 144 cm³/mol. The van der Waals surface area contributed by atoms with Crippen molar-refractivity contribution in [1.82, 2.24) is 9.21 Å². The lowest BCUT2D eigenvalue weighted by Gasteiger charge is -2.24. The van der Waals surface area contributed by atoms with Crippen LogP contribution in [0.25, 0.3) is 0 Å². The quantitative estimate of drug-likeness (QED) is 0.411. The first-order valence-electron chi connectivity index (χ1n) is 12.6. The van der Waals surface area contributed by atoms with Crippen LogP contribution in [0, 0.1) is 6.92 Å². The summed E-state index contributed by atoms with van der Waals surface area (Å²) < 4.78 is 28.9. The van der Waals surface area contributed by atoms with Crippen molar-refractivity contribution >= 4 is 15.7 Å². The second-order valence-electron chi connectivity index (χ2n) is 9.52. The van der Waals surface area contributed by atoms with Crippen molar-refractivity contribution in [2.45, 2.75) is 43.5 Å². The summed E-state index contributed by atoms with van der Waals surface area (Å²) in [6.45, 7) is 4.92. The van der Waals surface area contributed by atoms with E-state index in [1.165, 1.54) is 12.8 Å². The van der Waals surface area contributed by atoms with Crippen LogP contribution in [0.15, 0.2) is 83.8 Å². The lowest BCUT2D eigenvalue weighted by atomic mass is 10.1. The van der Waals surface area contributed by atoms with E-state index in [0.717, 1.165) is 35.5 Å². The number of rotatable bonds is 11. The van der Waals surface area contributed by atoms with Gasteiger partial charge in [0.2, 0.25) is 10.0 Å². The van der Waals surface area contributed by atoms with Crippen molar-refractivity contribution in [3.63, 3.8) is 0 Å². The monoisotopic (exact) mass is 491 g/mol. The zero-order valence-corrected chi connectivity index (χ0v) is 21.7. The minimum absolute atomic E-state index is 0.354. The Hall–Kier alpha value is -2.67. The number of hydrogen-bond acceptors (Lipinski definition) is 4. The molecule has 0 spiro atoms. The van der Waals surface area contributed by atoms with Gasteiger partial charge in [0.1, 0.15) is 0 Å². The molecule has 0 unspecified atom stereocenters. The molecule has 0 aromatic heterocycles. The predicted octanol–water partition coefficient (Wildman–Crippen LogP) is 4.98. The van der Waals surface area contributed by atoms with Crippen LogP contribution in [-0.4, -0.2) is 56.9 Å². The van der Waals surface area contributed by atoms with Gasteiger partial charge in [-0.1, -0.05) is 66.2 Å². The Balaban J connectivity index is 1.49. The molecule has 1 aliphatic heterocycles. The largest absolute Gasteiger partial charge is 0.383 e. The van der Waals surface area contributed by atoms with E-state index in [4.69, 9.17) is 0 Å². The highest BCUT2D eigenvalue weighted by atomic mass is 32.2. The molecule has 5 nitrogen and oxygen atoms in total. The van der Waals surface area contributed by atoms with E-state index >= 15 is 0 Å². The first-order chi connectivity index (χ1) is 16.9. The normalized spacial score (nSPS) is 16.6. The third-order valence-electron chi connectivity index (χ3n) is 7.00. The van der Waals surface area contributed by atoms with Crippen LogP contribution in [0.3, 0.4) is 0 Å². The summed E-state index contributed by atoms with van der Waals surface area (Å²) in [7, 11) is -1.41. The van der Waals surface area contributed by atoms with Gasteiger partial charge in [0.05, 0.1) is 4.90 Å². The Morgan fingerprint density at radius 3 is 2.31 bits per heavy atom. The van der Waals surface area contributed by atoms with Gasteiger partial charge in [-0.05, 0) is 75.5 Å². The maximum absolute atomic E-state index is 13.6. The lowest BCUT2D eigenvalue weighted by Crippen LogP contribution is -2.35. The second-order valence-corrected chi connectivity index (χ2v) is 11.5. The lowest BCUT2D eigenvalue weighted by molar-refractivity contribution is 0.322. The molecule has 1 atom stereocenters. The highest BCUT2D eigenvalue weighted by molar-refractivity contribution is 7.89. The van der Waals surface area contributed by atoms with Crippen molar-refractivity contribution in [3.05, 3.63) is 95.6 Å². The number of benzene rings is 3. The van der Waals surface area contributed by atoms with E-state index in [-0.39, 0.29) is 0 Å². The fourth-order valence-corrected chi connectivity index (χ4v) is 6.17. The maximum atomic E-state index is 13.6. The third-order valence-corrected chi connectivity index (χ3v) is 8.91. The number of likely N-dealkylation sites (tertiary alicyclic amines) is 1. The molecule has 1 N–H and O–H groups in total. The van der Waals surface area contributed by atoms with Crippen LogP contribution < -0.4 is 5.32 Å². The van der Waals surface area contributed by atoms with Crippen molar-refractivity contribution in [1.29, 1.82) is 0 Å². The highest BCUT2D eigenvalue weighted by Crippen LogP contribution is 2.22. The summed E-state index contributed by atoms with van der Waals surface area (Å²) in [4.78, 5) is 2.77. The summed E-state index contributed by atoms with van der Waals surface area (Å²) in [5.74, 6) is 0. The van der Waals surface area contributed by atoms with Crippen LogP contribution in [0.4, 0.5) is 5.69 Å². The van der Waals surface area contributed by atoms with Gasteiger partial charge in [-0.15, -0.1) is 0 Å². The number of nitrogens with zero attached hydrogens (tertiary/aromatic N) is 2. The molecule has 0 bridgehead atoms. The molecule has 1 heterocycles. The standard InChI is InChI=1S/C29H37N3O2S/c1-24-14-16-28(17-15-24)35(33,34)32(21-18-25-9-4-3-5-10-25)22-19-26-11-6-7-13-29(26)30-23-27-12-8-20-31(27)2/h3-7,9-11,13-17,27,30H,8,12,18-23H2,1-2H3/t27-/m0/s1.